The topological polar surface area (TPSA) is 139 Å². The van der Waals surface area contributed by atoms with Crippen molar-refractivity contribution >= 4 is 34.8 Å². The first kappa shape index (κ1) is 24.7. The van der Waals surface area contributed by atoms with Crippen molar-refractivity contribution in [1.29, 1.82) is 0 Å². The molecule has 4 N–H and O–H groups in total. The van der Waals surface area contributed by atoms with E-state index in [2.05, 4.69) is 25.7 Å². The van der Waals surface area contributed by atoms with Crippen LogP contribution in [0.25, 0.3) is 10.9 Å². The van der Waals surface area contributed by atoms with Gasteiger partial charge in [0.2, 0.25) is 11.8 Å². The second-order valence-electron chi connectivity index (χ2n) is 8.29. The van der Waals surface area contributed by atoms with Crippen molar-refractivity contribution in [2.24, 2.45) is 0 Å². The standard InChI is InChI=1S/C22H30N4O6/c1-13(20(29)31-5)25-18(27)12-24-19(28)17(26-21(30)32-22(2,3)4)10-14-11-23-16-9-7-6-8-15(14)16/h6-9,11,13,17,23H,10,12H2,1-5H3,(H,24,28)(H,25,27)(H,26,30)/t13-,17-/m0/s1. The zero-order valence-electron chi connectivity index (χ0n) is 18.9. The number of carbonyl (C=O) groups is 4. The summed E-state index contributed by atoms with van der Waals surface area (Å²) in [6.07, 6.45) is 1.20. The number of methoxy groups -OCH3 is 1. The van der Waals surface area contributed by atoms with Gasteiger partial charge < -0.3 is 30.4 Å². The Kier molecular flexibility index (Phi) is 8.22. The van der Waals surface area contributed by atoms with E-state index in [4.69, 9.17) is 4.74 Å². The largest absolute Gasteiger partial charge is 0.467 e. The summed E-state index contributed by atoms with van der Waals surface area (Å²) in [5.41, 5.74) is 0.978. The number of H-pyrrole nitrogens is 1. The molecule has 0 aliphatic carbocycles. The monoisotopic (exact) mass is 446 g/mol. The number of amides is 3. The average molecular weight is 447 g/mol. The number of benzene rings is 1. The van der Waals surface area contributed by atoms with Gasteiger partial charge in [-0.1, -0.05) is 18.2 Å². The Morgan fingerprint density at radius 3 is 2.44 bits per heavy atom. The van der Waals surface area contributed by atoms with Gasteiger partial charge in [-0.05, 0) is 39.3 Å². The number of para-hydroxylation sites is 1. The van der Waals surface area contributed by atoms with Gasteiger partial charge in [-0.15, -0.1) is 0 Å². The lowest BCUT2D eigenvalue weighted by Gasteiger charge is -2.23. The van der Waals surface area contributed by atoms with Gasteiger partial charge in [-0.3, -0.25) is 9.59 Å². The van der Waals surface area contributed by atoms with Crippen LogP contribution in [0.1, 0.15) is 33.3 Å². The molecule has 0 spiro atoms. The lowest BCUT2D eigenvalue weighted by atomic mass is 10.0. The van der Waals surface area contributed by atoms with Crippen molar-refractivity contribution in [3.05, 3.63) is 36.0 Å². The molecular formula is C22H30N4O6. The highest BCUT2D eigenvalue weighted by Gasteiger charge is 2.26. The molecule has 10 nitrogen and oxygen atoms in total. The number of esters is 1. The van der Waals surface area contributed by atoms with Gasteiger partial charge in [-0.25, -0.2) is 9.59 Å². The molecule has 0 unspecified atom stereocenters. The quantitative estimate of drug-likeness (QED) is 0.452. The summed E-state index contributed by atoms with van der Waals surface area (Å²) in [5, 5.41) is 8.40. The summed E-state index contributed by atoms with van der Waals surface area (Å²) in [4.78, 5) is 51.7. The van der Waals surface area contributed by atoms with Crippen LogP contribution in [0, 0.1) is 0 Å². The van der Waals surface area contributed by atoms with Crippen LogP contribution in [-0.2, 0) is 30.3 Å². The molecule has 174 valence electrons. The Morgan fingerprint density at radius 2 is 1.78 bits per heavy atom. The fraction of sp³-hybridized carbons (Fsp3) is 0.455. The average Bonchev–Trinajstić information content (AvgIpc) is 3.12. The second kappa shape index (κ2) is 10.7. The molecule has 2 aromatic rings. The molecule has 0 radical (unpaired) electrons. The summed E-state index contributed by atoms with van der Waals surface area (Å²) in [6, 6.07) is 5.73. The molecule has 0 aliphatic heterocycles. The van der Waals surface area contributed by atoms with Crippen molar-refractivity contribution in [2.45, 2.75) is 51.8 Å². The van der Waals surface area contributed by atoms with E-state index >= 15 is 0 Å². The number of alkyl carbamates (subject to hydrolysis) is 1. The predicted octanol–water partition coefficient (Wildman–Crippen LogP) is 1.40. The van der Waals surface area contributed by atoms with Gasteiger partial charge in [0.15, 0.2) is 0 Å². The van der Waals surface area contributed by atoms with Gasteiger partial charge in [-0.2, -0.15) is 0 Å². The third-order valence-electron chi connectivity index (χ3n) is 4.46. The van der Waals surface area contributed by atoms with Crippen molar-refractivity contribution in [2.75, 3.05) is 13.7 Å². The third-order valence-corrected chi connectivity index (χ3v) is 4.46. The molecule has 0 aliphatic rings. The van der Waals surface area contributed by atoms with Crippen molar-refractivity contribution in [1.82, 2.24) is 20.9 Å². The minimum Gasteiger partial charge on any atom is -0.467 e. The van der Waals surface area contributed by atoms with Crippen molar-refractivity contribution in [3.8, 4) is 0 Å². The summed E-state index contributed by atoms with van der Waals surface area (Å²) < 4.78 is 9.82. The molecule has 2 atom stereocenters. The number of aromatic amines is 1. The van der Waals surface area contributed by atoms with Crippen LogP contribution in [0.5, 0.6) is 0 Å². The predicted molar refractivity (Wildman–Crippen MR) is 118 cm³/mol. The molecule has 1 aromatic carbocycles. The fourth-order valence-electron chi connectivity index (χ4n) is 3.00. The molecule has 0 bridgehead atoms. The SMILES string of the molecule is COC(=O)[C@H](C)NC(=O)CNC(=O)[C@H](Cc1c[nH]c2ccccc12)NC(=O)OC(C)(C)C. The molecule has 1 aromatic heterocycles. The number of nitrogens with one attached hydrogen (secondary N) is 4. The van der Waals surface area contributed by atoms with Gasteiger partial charge >= 0.3 is 12.1 Å². The maximum Gasteiger partial charge on any atom is 0.408 e. The Hall–Kier alpha value is -3.56. The summed E-state index contributed by atoms with van der Waals surface area (Å²) in [7, 11) is 1.21. The minimum absolute atomic E-state index is 0.176. The first-order valence-corrected chi connectivity index (χ1v) is 10.2. The van der Waals surface area contributed by atoms with Gasteiger partial charge in [0, 0.05) is 23.5 Å². The first-order valence-electron chi connectivity index (χ1n) is 10.2. The molecule has 0 saturated heterocycles. The van der Waals surface area contributed by atoms with E-state index in [1.54, 1.807) is 27.0 Å². The highest BCUT2D eigenvalue weighted by atomic mass is 16.6. The molecule has 1 heterocycles. The zero-order valence-corrected chi connectivity index (χ0v) is 18.9. The van der Waals surface area contributed by atoms with Crippen LogP contribution in [0.4, 0.5) is 4.79 Å². The van der Waals surface area contributed by atoms with E-state index in [1.807, 2.05) is 24.3 Å². The number of hydrogen-bond donors (Lipinski definition) is 4. The molecule has 10 heteroatoms. The summed E-state index contributed by atoms with van der Waals surface area (Å²) in [5.74, 6) is -1.74. The van der Waals surface area contributed by atoms with Gasteiger partial charge in [0.1, 0.15) is 17.7 Å². The van der Waals surface area contributed by atoms with E-state index in [9.17, 15) is 19.2 Å². The number of fused-ring (bicyclic) bond motifs is 1. The molecule has 3 amide bonds. The summed E-state index contributed by atoms with van der Waals surface area (Å²) in [6.45, 7) is 6.24. The summed E-state index contributed by atoms with van der Waals surface area (Å²) >= 11 is 0. The molecule has 32 heavy (non-hydrogen) atoms. The fourth-order valence-corrected chi connectivity index (χ4v) is 3.00. The van der Waals surface area contributed by atoms with Crippen molar-refractivity contribution < 1.29 is 28.7 Å². The van der Waals surface area contributed by atoms with Gasteiger partial charge in [0.05, 0.1) is 13.7 Å². The van der Waals surface area contributed by atoms with Crippen molar-refractivity contribution in [3.63, 3.8) is 0 Å². The second-order valence-corrected chi connectivity index (χ2v) is 8.29. The molecule has 0 fully saturated rings. The molecule has 2 rings (SSSR count). The minimum atomic E-state index is -0.991. The number of carbonyl (C=O) groups excluding carboxylic acids is 4. The lowest BCUT2D eigenvalue weighted by molar-refractivity contribution is -0.144. The van der Waals surface area contributed by atoms with E-state index in [0.717, 1.165) is 16.5 Å². The van der Waals surface area contributed by atoms with Gasteiger partial charge in [0.25, 0.3) is 0 Å². The van der Waals surface area contributed by atoms with E-state index in [-0.39, 0.29) is 13.0 Å². The van der Waals surface area contributed by atoms with Crippen LogP contribution in [0.15, 0.2) is 30.5 Å². The first-order chi connectivity index (χ1) is 15.0. The van der Waals surface area contributed by atoms with E-state index < -0.39 is 41.6 Å². The van der Waals surface area contributed by atoms with E-state index in [0.29, 0.717) is 0 Å². The Morgan fingerprint density at radius 1 is 1.09 bits per heavy atom. The van der Waals surface area contributed by atoms with E-state index in [1.165, 1.54) is 14.0 Å². The molecular weight excluding hydrogens is 416 g/mol. The number of ether oxygens (including phenoxy) is 2. The van der Waals surface area contributed by atoms with Crippen LogP contribution in [-0.4, -0.2) is 60.2 Å². The highest BCUT2D eigenvalue weighted by Crippen LogP contribution is 2.19. The van der Waals surface area contributed by atoms with Crippen LogP contribution in [0.2, 0.25) is 0 Å². The maximum atomic E-state index is 12.8. The third kappa shape index (κ3) is 7.29. The van der Waals surface area contributed by atoms with Crippen LogP contribution < -0.4 is 16.0 Å². The van der Waals surface area contributed by atoms with Crippen LogP contribution in [0.3, 0.4) is 0 Å². The number of aromatic nitrogens is 1. The smallest absolute Gasteiger partial charge is 0.408 e. The maximum absolute atomic E-state index is 12.8. The lowest BCUT2D eigenvalue weighted by Crippen LogP contribution is -2.52. The number of rotatable bonds is 8. The normalized spacial score (nSPS) is 13.0. The Labute approximate surface area is 186 Å². The highest BCUT2D eigenvalue weighted by molar-refractivity contribution is 5.92. The Bertz CT molecular complexity index is 978. The zero-order chi connectivity index (χ0) is 23.9. The van der Waals surface area contributed by atoms with Crippen LogP contribution >= 0.6 is 0 Å². The Balaban J connectivity index is 2.09. The molecule has 0 saturated carbocycles. The number of hydrogen-bond acceptors (Lipinski definition) is 6.